The smallest absolute Gasteiger partial charge is 0.101 e. The van der Waals surface area contributed by atoms with Crippen molar-refractivity contribution in [2.75, 3.05) is 0 Å². The molecule has 0 fully saturated rings. The lowest BCUT2D eigenvalue weighted by molar-refractivity contribution is 0.410. The maximum absolute atomic E-state index is 10.9. The molecule has 2 unspecified atom stereocenters. The van der Waals surface area contributed by atoms with Gasteiger partial charge in [0.1, 0.15) is 6.07 Å². The molecule has 0 N–H and O–H groups in total. The molecular formula is C46H31N5. The zero-order valence-electron chi connectivity index (χ0n) is 28.0. The van der Waals surface area contributed by atoms with Crippen LogP contribution in [0, 0.1) is 39.4 Å². The molecule has 2 heterocycles. The fourth-order valence-corrected chi connectivity index (χ4v) is 8.33. The Balaban J connectivity index is 1.21. The summed E-state index contributed by atoms with van der Waals surface area (Å²) in [5.41, 5.74) is 10.8. The third-order valence-corrected chi connectivity index (χ3v) is 10.7. The molecule has 2 atom stereocenters. The number of aromatic nitrogens is 2. The number of rotatable bonds is 4. The van der Waals surface area contributed by atoms with Crippen molar-refractivity contribution in [2.45, 2.75) is 25.8 Å². The number of nitriles is 3. The number of nitrogens with zero attached hydrogens (tertiary/aromatic N) is 5. The highest BCUT2D eigenvalue weighted by Crippen LogP contribution is 2.47. The highest BCUT2D eigenvalue weighted by molar-refractivity contribution is 6.09. The quantitative estimate of drug-likeness (QED) is 0.190. The van der Waals surface area contributed by atoms with Crippen molar-refractivity contribution in [3.63, 3.8) is 0 Å². The van der Waals surface area contributed by atoms with Gasteiger partial charge in [-0.25, -0.2) is 0 Å². The minimum absolute atomic E-state index is 0.282. The van der Waals surface area contributed by atoms with Gasteiger partial charge in [-0.05, 0) is 84.5 Å². The van der Waals surface area contributed by atoms with E-state index in [1.165, 1.54) is 5.56 Å². The third kappa shape index (κ3) is 4.51. The second-order valence-corrected chi connectivity index (χ2v) is 13.5. The first-order chi connectivity index (χ1) is 25.0. The van der Waals surface area contributed by atoms with Gasteiger partial charge in [-0.1, -0.05) is 97.1 Å². The molecule has 7 aromatic rings. The lowest BCUT2D eigenvalue weighted by Gasteiger charge is -2.33. The van der Waals surface area contributed by atoms with Gasteiger partial charge in [0.25, 0.3) is 0 Å². The van der Waals surface area contributed by atoms with E-state index in [0.717, 1.165) is 79.2 Å². The molecule has 0 spiro atoms. The number of para-hydroxylation sites is 3. The van der Waals surface area contributed by atoms with E-state index in [-0.39, 0.29) is 6.04 Å². The Bertz CT molecular complexity index is 2820. The number of aryl methyl sites for hydroxylation is 1. The van der Waals surface area contributed by atoms with Crippen molar-refractivity contribution in [1.82, 2.24) is 9.13 Å². The van der Waals surface area contributed by atoms with Crippen molar-refractivity contribution < 1.29 is 0 Å². The molecule has 0 saturated carbocycles. The summed E-state index contributed by atoms with van der Waals surface area (Å²) in [7, 11) is 0. The monoisotopic (exact) mass is 653 g/mol. The average Bonchev–Trinajstić information content (AvgIpc) is 3.70. The molecule has 0 bridgehead atoms. The summed E-state index contributed by atoms with van der Waals surface area (Å²) in [5.74, 6) is 0. The summed E-state index contributed by atoms with van der Waals surface area (Å²) in [6.45, 7) is 2.01. The van der Waals surface area contributed by atoms with Crippen molar-refractivity contribution in [2.24, 2.45) is 5.41 Å². The third-order valence-electron chi connectivity index (χ3n) is 10.7. The fourth-order valence-electron chi connectivity index (χ4n) is 8.33. The van der Waals surface area contributed by atoms with Gasteiger partial charge in [0.05, 0.1) is 45.9 Å². The van der Waals surface area contributed by atoms with E-state index in [1.54, 1.807) is 0 Å². The predicted molar refractivity (Wildman–Crippen MR) is 205 cm³/mol. The molecule has 0 aliphatic heterocycles. The summed E-state index contributed by atoms with van der Waals surface area (Å²) in [4.78, 5) is 0. The van der Waals surface area contributed by atoms with Gasteiger partial charge in [-0.3, -0.25) is 0 Å². The van der Waals surface area contributed by atoms with Gasteiger partial charge >= 0.3 is 0 Å². The fraction of sp³-hybridized carbons (Fsp3) is 0.109. The zero-order chi connectivity index (χ0) is 34.7. The summed E-state index contributed by atoms with van der Waals surface area (Å²) >= 11 is 0. The number of fused-ring (bicyclic) bond motifs is 6. The largest absolute Gasteiger partial charge is 0.331 e. The van der Waals surface area contributed by atoms with Crippen LogP contribution in [0.2, 0.25) is 0 Å². The van der Waals surface area contributed by atoms with E-state index in [2.05, 4.69) is 124 Å². The number of allylic oxidation sites excluding steroid dienone is 5. The average molecular weight is 654 g/mol. The summed E-state index contributed by atoms with van der Waals surface area (Å²) < 4.78 is 4.52. The summed E-state index contributed by atoms with van der Waals surface area (Å²) in [6.07, 6.45) is 12.7. The molecule has 5 aromatic carbocycles. The van der Waals surface area contributed by atoms with Crippen LogP contribution in [-0.4, -0.2) is 9.13 Å². The molecule has 9 rings (SSSR count). The van der Waals surface area contributed by atoms with Crippen LogP contribution in [0.5, 0.6) is 0 Å². The molecule has 0 radical (unpaired) electrons. The highest BCUT2D eigenvalue weighted by atomic mass is 15.0. The topological polar surface area (TPSA) is 81.2 Å². The maximum atomic E-state index is 10.9. The first-order valence-electron chi connectivity index (χ1n) is 17.2. The molecule has 5 heteroatoms. The number of hydrogen-bond donors (Lipinski definition) is 0. The Morgan fingerprint density at radius 2 is 1.45 bits per heavy atom. The Kier molecular flexibility index (Phi) is 6.89. The Morgan fingerprint density at radius 1 is 0.706 bits per heavy atom. The van der Waals surface area contributed by atoms with E-state index >= 15 is 0 Å². The van der Waals surface area contributed by atoms with Gasteiger partial charge in [0.15, 0.2) is 0 Å². The highest BCUT2D eigenvalue weighted by Gasteiger charge is 2.37. The van der Waals surface area contributed by atoms with Crippen LogP contribution in [0.3, 0.4) is 0 Å². The van der Waals surface area contributed by atoms with Crippen LogP contribution >= 0.6 is 0 Å². The van der Waals surface area contributed by atoms with E-state index < -0.39 is 5.41 Å². The predicted octanol–water partition coefficient (Wildman–Crippen LogP) is 10.8. The Hall–Kier alpha value is -6.87. The van der Waals surface area contributed by atoms with Gasteiger partial charge in [0.2, 0.25) is 0 Å². The molecule has 2 aliphatic rings. The summed E-state index contributed by atoms with van der Waals surface area (Å²) in [6, 6.07) is 44.0. The molecule has 240 valence electrons. The van der Waals surface area contributed by atoms with Crippen LogP contribution in [0.4, 0.5) is 0 Å². The normalized spacial score (nSPS) is 17.9. The molecule has 0 saturated heterocycles. The molecule has 2 aromatic heterocycles. The van der Waals surface area contributed by atoms with Gasteiger partial charge < -0.3 is 9.13 Å². The van der Waals surface area contributed by atoms with Crippen LogP contribution < -0.4 is 0 Å². The molecule has 2 aliphatic carbocycles. The molecular weight excluding hydrogens is 623 g/mol. The maximum Gasteiger partial charge on any atom is 0.101 e. The minimum atomic E-state index is -0.887. The Morgan fingerprint density at radius 3 is 2.27 bits per heavy atom. The Labute approximate surface area is 296 Å². The van der Waals surface area contributed by atoms with E-state index in [4.69, 9.17) is 0 Å². The van der Waals surface area contributed by atoms with E-state index in [9.17, 15) is 15.8 Å². The van der Waals surface area contributed by atoms with E-state index in [1.807, 2.05) is 49.4 Å². The van der Waals surface area contributed by atoms with Gasteiger partial charge in [-0.15, -0.1) is 0 Å². The number of hydrogen-bond acceptors (Lipinski definition) is 3. The van der Waals surface area contributed by atoms with Crippen molar-refractivity contribution in [3.05, 3.63) is 161 Å². The second kappa shape index (κ2) is 11.6. The first-order valence-corrected chi connectivity index (χ1v) is 17.2. The van der Waals surface area contributed by atoms with Crippen molar-refractivity contribution in [1.29, 1.82) is 15.8 Å². The van der Waals surface area contributed by atoms with Crippen LogP contribution in [0.25, 0.3) is 61.2 Å². The van der Waals surface area contributed by atoms with Gasteiger partial charge in [-0.2, -0.15) is 15.8 Å². The SMILES string of the molecule is CC1(C#N)C=C(c2ccccc2-c2ccccc2-n2c3c(c4cccc(C#N)c42)CCC=C3)C=CC1n1c2ccccc2c2cc(C#N)ccc21. The van der Waals surface area contributed by atoms with Crippen LogP contribution in [-0.2, 0) is 6.42 Å². The van der Waals surface area contributed by atoms with Crippen molar-refractivity contribution in [3.8, 4) is 35.0 Å². The lowest BCUT2D eigenvalue weighted by Crippen LogP contribution is -2.27. The van der Waals surface area contributed by atoms with Gasteiger partial charge in [0, 0.05) is 38.4 Å². The minimum Gasteiger partial charge on any atom is -0.331 e. The molecule has 51 heavy (non-hydrogen) atoms. The van der Waals surface area contributed by atoms with E-state index in [0.29, 0.717) is 11.1 Å². The first kappa shape index (κ1) is 30.2. The van der Waals surface area contributed by atoms with Crippen molar-refractivity contribution >= 4 is 44.4 Å². The van der Waals surface area contributed by atoms with Crippen LogP contribution in [0.1, 0.15) is 47.3 Å². The molecule has 0 amide bonds. The molecule has 5 nitrogen and oxygen atoms in total. The number of benzene rings is 5. The lowest BCUT2D eigenvalue weighted by atomic mass is 9.76. The summed E-state index contributed by atoms with van der Waals surface area (Å²) in [5, 5.41) is 34.0. The zero-order valence-corrected chi connectivity index (χ0v) is 28.0. The van der Waals surface area contributed by atoms with Crippen LogP contribution in [0.15, 0.2) is 133 Å². The second-order valence-electron chi connectivity index (χ2n) is 13.5. The standard InChI is InChI=1S/C46H31N5/c1-46(29-49)26-31(22-24-44(46)50-40-18-7-6-16-37(40)39-25-30(27-47)21-23-43(39)50)33-12-2-3-13-34(33)35-14-4-8-19-41(35)51-42-20-9-5-15-36(42)38-17-10-11-32(28-48)45(38)51/h2-4,6-14,16-26,44H,5,15H2,1H3.